The summed E-state index contributed by atoms with van der Waals surface area (Å²) >= 11 is 0. The molecule has 12 heavy (non-hydrogen) atoms. The molecule has 0 amide bonds. The van der Waals surface area contributed by atoms with Crippen molar-refractivity contribution in [3.8, 4) is 0 Å². The second kappa shape index (κ2) is 3.13. The lowest BCUT2D eigenvalue weighted by molar-refractivity contribution is -0.163. The van der Waals surface area contributed by atoms with Gasteiger partial charge in [-0.2, -0.15) is 0 Å². The lowest BCUT2D eigenvalue weighted by Gasteiger charge is -2.15. The molecule has 0 aromatic rings. The molecule has 1 atom stereocenters. The number of carbonyl (C=O) groups is 2. The minimum atomic E-state index is -1.06. The molecule has 0 unspecified atom stereocenters. The highest BCUT2D eigenvalue weighted by atomic mass is 16.6. The molecule has 0 aromatic carbocycles. The highest BCUT2D eigenvalue weighted by Gasteiger charge is 2.48. The van der Waals surface area contributed by atoms with Crippen LogP contribution in [0.1, 0.15) is 20.3 Å². The van der Waals surface area contributed by atoms with E-state index in [9.17, 15) is 9.59 Å². The van der Waals surface area contributed by atoms with Gasteiger partial charge in [-0.05, 0) is 13.8 Å². The molecule has 0 N–H and O–H groups in total. The predicted octanol–water partition coefficient (Wildman–Crippen LogP) is 0.503. The molecule has 1 rings (SSSR count). The summed E-state index contributed by atoms with van der Waals surface area (Å²) in [6.45, 7) is 3.87. The number of cyclic esters (lactones) is 1. The van der Waals surface area contributed by atoms with Crippen LogP contribution in [-0.4, -0.2) is 25.2 Å². The van der Waals surface area contributed by atoms with Gasteiger partial charge in [0.15, 0.2) is 5.41 Å². The van der Waals surface area contributed by atoms with Crippen molar-refractivity contribution in [1.82, 2.24) is 0 Å². The number of esters is 2. The third kappa shape index (κ3) is 1.29. The van der Waals surface area contributed by atoms with Gasteiger partial charge >= 0.3 is 11.9 Å². The molecule has 0 aliphatic carbocycles. The summed E-state index contributed by atoms with van der Waals surface area (Å²) in [4.78, 5) is 22.3. The van der Waals surface area contributed by atoms with Crippen LogP contribution in [0.25, 0.3) is 0 Å². The lowest BCUT2D eigenvalue weighted by atomic mass is 9.89. The van der Waals surface area contributed by atoms with Crippen molar-refractivity contribution in [2.75, 3.05) is 13.2 Å². The Morgan fingerprint density at radius 3 is 2.83 bits per heavy atom. The van der Waals surface area contributed by atoms with Crippen LogP contribution in [0, 0.1) is 5.41 Å². The molecule has 68 valence electrons. The van der Waals surface area contributed by atoms with Crippen LogP contribution in [0.15, 0.2) is 0 Å². The van der Waals surface area contributed by atoms with Crippen molar-refractivity contribution in [3.05, 3.63) is 0 Å². The molecular formula is C8H12O4. The highest BCUT2D eigenvalue weighted by Crippen LogP contribution is 2.30. The summed E-state index contributed by atoms with van der Waals surface area (Å²) in [5.74, 6) is -0.951. The maximum atomic E-state index is 11.3. The number of hydrogen-bond donors (Lipinski definition) is 0. The van der Waals surface area contributed by atoms with Crippen LogP contribution < -0.4 is 0 Å². The number of carbonyl (C=O) groups excluding carboxylic acids is 2. The smallest absolute Gasteiger partial charge is 0.323 e. The first kappa shape index (κ1) is 9.03. The van der Waals surface area contributed by atoms with E-state index >= 15 is 0 Å². The van der Waals surface area contributed by atoms with Gasteiger partial charge in [0.1, 0.15) is 0 Å². The number of hydrogen-bond acceptors (Lipinski definition) is 4. The Kier molecular flexibility index (Phi) is 2.35. The third-order valence-corrected chi connectivity index (χ3v) is 2.01. The van der Waals surface area contributed by atoms with Gasteiger partial charge in [0.05, 0.1) is 13.2 Å². The van der Waals surface area contributed by atoms with Gasteiger partial charge in [-0.15, -0.1) is 0 Å². The fourth-order valence-electron chi connectivity index (χ4n) is 1.08. The molecule has 0 bridgehead atoms. The van der Waals surface area contributed by atoms with Crippen molar-refractivity contribution in [1.29, 1.82) is 0 Å². The van der Waals surface area contributed by atoms with E-state index in [1.165, 1.54) is 0 Å². The van der Waals surface area contributed by atoms with Crippen LogP contribution in [0.2, 0.25) is 0 Å². The van der Waals surface area contributed by atoms with Gasteiger partial charge in [-0.25, -0.2) is 0 Å². The van der Waals surface area contributed by atoms with E-state index in [1.54, 1.807) is 13.8 Å². The van der Waals surface area contributed by atoms with E-state index in [0.717, 1.165) is 0 Å². The van der Waals surface area contributed by atoms with Gasteiger partial charge in [-0.1, -0.05) is 0 Å². The SMILES string of the molecule is CCOC(=O)[C@@]1(C)CCOC1=O. The van der Waals surface area contributed by atoms with Crippen molar-refractivity contribution in [3.63, 3.8) is 0 Å². The summed E-state index contributed by atoms with van der Waals surface area (Å²) in [6, 6.07) is 0. The molecule has 0 aromatic heterocycles. The van der Waals surface area contributed by atoms with Crippen LogP contribution in [0.4, 0.5) is 0 Å². The molecule has 4 heteroatoms. The Morgan fingerprint density at radius 1 is 1.75 bits per heavy atom. The Hall–Kier alpha value is -1.06. The summed E-state index contributed by atoms with van der Waals surface area (Å²) in [7, 11) is 0. The Balaban J connectivity index is 2.70. The molecule has 0 radical (unpaired) electrons. The van der Waals surface area contributed by atoms with Gasteiger partial charge < -0.3 is 9.47 Å². The van der Waals surface area contributed by atoms with E-state index in [2.05, 4.69) is 0 Å². The Bertz CT molecular complexity index is 211. The topological polar surface area (TPSA) is 52.6 Å². The molecule has 1 saturated heterocycles. The Labute approximate surface area is 70.8 Å². The highest BCUT2D eigenvalue weighted by molar-refractivity contribution is 6.00. The zero-order valence-corrected chi connectivity index (χ0v) is 7.25. The average Bonchev–Trinajstić information content (AvgIpc) is 2.34. The third-order valence-electron chi connectivity index (χ3n) is 2.01. The fraction of sp³-hybridized carbons (Fsp3) is 0.750. The van der Waals surface area contributed by atoms with Crippen molar-refractivity contribution in [2.24, 2.45) is 5.41 Å². The normalized spacial score (nSPS) is 28.3. The van der Waals surface area contributed by atoms with Crippen LogP contribution in [0.5, 0.6) is 0 Å². The van der Waals surface area contributed by atoms with Crippen LogP contribution >= 0.6 is 0 Å². The summed E-state index contributed by atoms with van der Waals surface area (Å²) < 4.78 is 9.46. The average molecular weight is 172 g/mol. The summed E-state index contributed by atoms with van der Waals surface area (Å²) in [5.41, 5.74) is -1.06. The summed E-state index contributed by atoms with van der Waals surface area (Å²) in [5, 5.41) is 0. The Morgan fingerprint density at radius 2 is 2.42 bits per heavy atom. The molecule has 0 spiro atoms. The van der Waals surface area contributed by atoms with Crippen molar-refractivity contribution >= 4 is 11.9 Å². The van der Waals surface area contributed by atoms with E-state index in [-0.39, 0.29) is 0 Å². The van der Waals surface area contributed by atoms with Gasteiger partial charge in [0, 0.05) is 6.42 Å². The maximum Gasteiger partial charge on any atom is 0.323 e. The number of rotatable bonds is 2. The minimum absolute atomic E-state index is 0.293. The zero-order valence-electron chi connectivity index (χ0n) is 7.25. The van der Waals surface area contributed by atoms with E-state index in [1.807, 2.05) is 0 Å². The van der Waals surface area contributed by atoms with Crippen molar-refractivity contribution < 1.29 is 19.1 Å². The fourth-order valence-corrected chi connectivity index (χ4v) is 1.08. The monoisotopic (exact) mass is 172 g/mol. The first-order chi connectivity index (χ1) is 5.61. The predicted molar refractivity (Wildman–Crippen MR) is 40.3 cm³/mol. The van der Waals surface area contributed by atoms with E-state index in [0.29, 0.717) is 19.6 Å². The van der Waals surface area contributed by atoms with Gasteiger partial charge in [0.25, 0.3) is 0 Å². The molecule has 1 fully saturated rings. The van der Waals surface area contributed by atoms with Gasteiger partial charge in [0.2, 0.25) is 0 Å². The van der Waals surface area contributed by atoms with Crippen LogP contribution in [0.3, 0.4) is 0 Å². The van der Waals surface area contributed by atoms with Crippen molar-refractivity contribution in [2.45, 2.75) is 20.3 Å². The first-order valence-electron chi connectivity index (χ1n) is 3.95. The molecule has 1 heterocycles. The first-order valence-corrected chi connectivity index (χ1v) is 3.95. The lowest BCUT2D eigenvalue weighted by Crippen LogP contribution is -2.34. The molecule has 0 saturated carbocycles. The quantitative estimate of drug-likeness (QED) is 0.449. The minimum Gasteiger partial charge on any atom is -0.465 e. The molecule has 1 aliphatic heterocycles. The summed E-state index contributed by atoms with van der Waals surface area (Å²) in [6.07, 6.45) is 0.421. The largest absolute Gasteiger partial charge is 0.465 e. The molecular weight excluding hydrogens is 160 g/mol. The second-order valence-electron chi connectivity index (χ2n) is 2.94. The van der Waals surface area contributed by atoms with Gasteiger partial charge in [-0.3, -0.25) is 9.59 Å². The zero-order chi connectivity index (χ0) is 9.19. The van der Waals surface area contributed by atoms with E-state index in [4.69, 9.17) is 9.47 Å². The molecule has 1 aliphatic rings. The van der Waals surface area contributed by atoms with E-state index < -0.39 is 17.4 Å². The second-order valence-corrected chi connectivity index (χ2v) is 2.94. The standard InChI is InChI=1S/C8H12O4/c1-3-11-6(9)8(2)4-5-12-7(8)10/h3-5H2,1-2H3/t8-/m1/s1. The number of ether oxygens (including phenoxy) is 2. The molecule has 4 nitrogen and oxygen atoms in total. The van der Waals surface area contributed by atoms with Crippen LogP contribution in [-0.2, 0) is 19.1 Å². The maximum absolute atomic E-state index is 11.3.